The molecular weight excluding hydrogens is 355 g/mol. The second-order valence-corrected chi connectivity index (χ2v) is 8.10. The molecule has 0 spiro atoms. The Morgan fingerprint density at radius 1 is 0.962 bits per heavy atom. The van der Waals surface area contributed by atoms with Gasteiger partial charge in [-0.15, -0.1) is 0 Å². The van der Waals surface area contributed by atoms with E-state index in [1.807, 2.05) is 37.3 Å². The third-order valence-corrected chi connectivity index (χ3v) is 5.49. The molecule has 2 N–H and O–H groups in total. The maximum absolute atomic E-state index is 13.8. The molecule has 5 nitrogen and oxygen atoms in total. The molecule has 7 heteroatoms. The van der Waals surface area contributed by atoms with E-state index in [2.05, 4.69) is 10.0 Å². The van der Waals surface area contributed by atoms with Crippen LogP contribution in [-0.2, 0) is 14.8 Å². The number of carbonyl (C=O) groups is 1. The minimum absolute atomic E-state index is 0.289. The van der Waals surface area contributed by atoms with Crippen LogP contribution in [0.3, 0.4) is 0 Å². The highest BCUT2D eigenvalue weighted by atomic mass is 32.2. The number of rotatable bonds is 7. The Morgan fingerprint density at radius 3 is 2.12 bits per heavy atom. The molecule has 1 amide bonds. The molecule has 140 valence electrons. The van der Waals surface area contributed by atoms with E-state index in [9.17, 15) is 17.6 Å². The molecule has 0 aliphatic heterocycles. The molecule has 2 aromatic carbocycles. The molecule has 2 atom stereocenters. The van der Waals surface area contributed by atoms with Gasteiger partial charge in [-0.25, -0.2) is 12.8 Å². The molecule has 0 radical (unpaired) electrons. The largest absolute Gasteiger partial charge is 0.348 e. The molecule has 1 unspecified atom stereocenters. The Labute approximate surface area is 153 Å². The number of carbonyl (C=O) groups excluding carboxylic acids is 1. The van der Waals surface area contributed by atoms with Gasteiger partial charge in [-0.1, -0.05) is 56.3 Å². The van der Waals surface area contributed by atoms with Gasteiger partial charge in [0, 0.05) is 0 Å². The lowest BCUT2D eigenvalue weighted by atomic mass is 10.0. The van der Waals surface area contributed by atoms with Crippen molar-refractivity contribution in [1.82, 2.24) is 10.0 Å². The Kier molecular flexibility index (Phi) is 6.50. The van der Waals surface area contributed by atoms with Crippen LogP contribution in [0.1, 0.15) is 32.4 Å². The van der Waals surface area contributed by atoms with Crippen LogP contribution < -0.4 is 10.0 Å². The van der Waals surface area contributed by atoms with Crippen LogP contribution in [0.4, 0.5) is 4.39 Å². The minimum atomic E-state index is -4.17. The van der Waals surface area contributed by atoms with Gasteiger partial charge in [-0.2, -0.15) is 4.72 Å². The molecule has 0 heterocycles. The van der Waals surface area contributed by atoms with Crippen molar-refractivity contribution in [2.75, 3.05) is 0 Å². The molecule has 0 fully saturated rings. The number of amides is 1. The van der Waals surface area contributed by atoms with E-state index in [4.69, 9.17) is 0 Å². The summed E-state index contributed by atoms with van der Waals surface area (Å²) in [5.74, 6) is -1.64. The monoisotopic (exact) mass is 378 g/mol. The van der Waals surface area contributed by atoms with E-state index >= 15 is 0 Å². The smallest absolute Gasteiger partial charge is 0.244 e. The van der Waals surface area contributed by atoms with Crippen molar-refractivity contribution >= 4 is 15.9 Å². The number of hydrogen-bond acceptors (Lipinski definition) is 3. The van der Waals surface area contributed by atoms with E-state index < -0.39 is 32.7 Å². The highest BCUT2D eigenvalue weighted by molar-refractivity contribution is 7.89. The van der Waals surface area contributed by atoms with Gasteiger partial charge >= 0.3 is 0 Å². The molecule has 26 heavy (non-hydrogen) atoms. The number of halogens is 1. The molecule has 2 aromatic rings. The minimum Gasteiger partial charge on any atom is -0.348 e. The van der Waals surface area contributed by atoms with Gasteiger partial charge in [0.25, 0.3) is 0 Å². The van der Waals surface area contributed by atoms with Gasteiger partial charge in [0.05, 0.1) is 6.04 Å². The maximum Gasteiger partial charge on any atom is 0.244 e. The second-order valence-electron chi connectivity index (χ2n) is 6.41. The summed E-state index contributed by atoms with van der Waals surface area (Å²) in [7, 11) is -4.17. The van der Waals surface area contributed by atoms with Crippen LogP contribution in [0.5, 0.6) is 0 Å². The first kappa shape index (κ1) is 20.1. The van der Waals surface area contributed by atoms with E-state index in [1.54, 1.807) is 13.8 Å². The predicted molar refractivity (Wildman–Crippen MR) is 98.3 cm³/mol. The van der Waals surface area contributed by atoms with Gasteiger partial charge in [0.2, 0.25) is 15.9 Å². The molecule has 2 rings (SSSR count). The van der Waals surface area contributed by atoms with Crippen molar-refractivity contribution in [3.05, 3.63) is 66.0 Å². The second kappa shape index (κ2) is 8.42. The Balaban J connectivity index is 2.18. The van der Waals surface area contributed by atoms with Crippen molar-refractivity contribution < 1.29 is 17.6 Å². The topological polar surface area (TPSA) is 75.3 Å². The Morgan fingerprint density at radius 2 is 1.54 bits per heavy atom. The van der Waals surface area contributed by atoms with Crippen LogP contribution in [0, 0.1) is 11.7 Å². The summed E-state index contributed by atoms with van der Waals surface area (Å²) < 4.78 is 41.2. The maximum atomic E-state index is 13.8. The van der Waals surface area contributed by atoms with E-state index in [0.717, 1.165) is 11.6 Å². The molecule has 0 saturated carbocycles. The fourth-order valence-electron chi connectivity index (χ4n) is 2.51. The summed E-state index contributed by atoms with van der Waals surface area (Å²) in [5.41, 5.74) is 0.903. The van der Waals surface area contributed by atoms with E-state index in [0.29, 0.717) is 0 Å². The number of benzene rings is 2. The summed E-state index contributed by atoms with van der Waals surface area (Å²) in [6, 6.07) is 13.1. The van der Waals surface area contributed by atoms with E-state index in [-0.39, 0.29) is 12.0 Å². The molecule has 0 bridgehead atoms. The molecule has 0 saturated heterocycles. The molecule has 0 aliphatic carbocycles. The van der Waals surface area contributed by atoms with Crippen LogP contribution in [0.25, 0.3) is 0 Å². The van der Waals surface area contributed by atoms with Gasteiger partial charge in [0.15, 0.2) is 0 Å². The fraction of sp³-hybridized carbons (Fsp3) is 0.316. The first-order chi connectivity index (χ1) is 12.2. The SMILES string of the molecule is CC(NC(=O)[C@@H](NS(=O)(=O)c1ccccc1F)C(C)C)c1ccccc1. The highest BCUT2D eigenvalue weighted by Crippen LogP contribution is 2.17. The zero-order chi connectivity index (χ0) is 19.3. The average molecular weight is 378 g/mol. The van der Waals surface area contributed by atoms with Gasteiger partial charge < -0.3 is 5.32 Å². The number of nitrogens with one attached hydrogen (secondary N) is 2. The van der Waals surface area contributed by atoms with Crippen molar-refractivity contribution in [1.29, 1.82) is 0 Å². The highest BCUT2D eigenvalue weighted by Gasteiger charge is 2.30. The standard InChI is InChI=1S/C19H23FN2O3S/c1-13(2)18(19(23)21-14(3)15-9-5-4-6-10-15)22-26(24,25)17-12-8-7-11-16(17)20/h4-14,18,22H,1-3H3,(H,21,23)/t14?,18-/m0/s1. The lowest BCUT2D eigenvalue weighted by Gasteiger charge is -2.24. The van der Waals surface area contributed by atoms with Crippen molar-refractivity contribution in [2.24, 2.45) is 5.92 Å². The third-order valence-electron chi connectivity index (χ3n) is 4.02. The quantitative estimate of drug-likeness (QED) is 0.778. The van der Waals surface area contributed by atoms with Crippen LogP contribution >= 0.6 is 0 Å². The summed E-state index contributed by atoms with van der Waals surface area (Å²) in [5, 5.41) is 2.81. The first-order valence-electron chi connectivity index (χ1n) is 8.34. The normalized spacial score (nSPS) is 14.0. The summed E-state index contributed by atoms with van der Waals surface area (Å²) >= 11 is 0. The molecule has 0 aliphatic rings. The van der Waals surface area contributed by atoms with Crippen LogP contribution in [0.2, 0.25) is 0 Å². The van der Waals surface area contributed by atoms with Crippen LogP contribution in [-0.4, -0.2) is 20.4 Å². The average Bonchev–Trinajstić information content (AvgIpc) is 2.60. The predicted octanol–water partition coefficient (Wildman–Crippen LogP) is 3.01. The lowest BCUT2D eigenvalue weighted by Crippen LogP contribution is -2.50. The first-order valence-corrected chi connectivity index (χ1v) is 9.83. The van der Waals surface area contributed by atoms with Crippen molar-refractivity contribution in [3.8, 4) is 0 Å². The summed E-state index contributed by atoms with van der Waals surface area (Å²) in [6.45, 7) is 5.26. The summed E-state index contributed by atoms with van der Waals surface area (Å²) in [4.78, 5) is 12.2. The third kappa shape index (κ3) is 4.89. The van der Waals surface area contributed by atoms with E-state index in [1.165, 1.54) is 18.2 Å². The fourth-order valence-corrected chi connectivity index (χ4v) is 3.94. The van der Waals surface area contributed by atoms with Crippen molar-refractivity contribution in [3.63, 3.8) is 0 Å². The number of sulfonamides is 1. The zero-order valence-electron chi connectivity index (χ0n) is 14.9. The van der Waals surface area contributed by atoms with Gasteiger partial charge in [0.1, 0.15) is 16.8 Å². The van der Waals surface area contributed by atoms with Crippen molar-refractivity contribution in [2.45, 2.75) is 37.8 Å². The van der Waals surface area contributed by atoms with Gasteiger partial charge in [-0.05, 0) is 30.5 Å². The lowest BCUT2D eigenvalue weighted by molar-refractivity contribution is -0.124. The molecular formula is C19H23FN2O3S. The summed E-state index contributed by atoms with van der Waals surface area (Å²) in [6.07, 6.45) is 0. The van der Waals surface area contributed by atoms with Gasteiger partial charge in [-0.3, -0.25) is 4.79 Å². The van der Waals surface area contributed by atoms with Crippen LogP contribution in [0.15, 0.2) is 59.5 Å². The zero-order valence-corrected chi connectivity index (χ0v) is 15.8. The Hall–Kier alpha value is -2.25. The molecule has 0 aromatic heterocycles. The number of hydrogen-bond donors (Lipinski definition) is 2. The Bertz CT molecular complexity index is 854.